The van der Waals surface area contributed by atoms with E-state index in [9.17, 15) is 9.90 Å². The molecule has 1 heterocycles. The molecule has 4 atom stereocenters. The Hall–Kier alpha value is -1.39. The van der Waals surface area contributed by atoms with Crippen molar-refractivity contribution in [3.05, 3.63) is 35.9 Å². The first kappa shape index (κ1) is 17.0. The molecule has 1 amide bonds. The molecule has 4 nitrogen and oxygen atoms in total. The molecule has 0 radical (unpaired) electrons. The van der Waals surface area contributed by atoms with Crippen molar-refractivity contribution in [3.63, 3.8) is 0 Å². The zero-order valence-corrected chi connectivity index (χ0v) is 14.1. The van der Waals surface area contributed by atoms with Crippen LogP contribution in [-0.2, 0) is 4.79 Å². The van der Waals surface area contributed by atoms with Gasteiger partial charge in [-0.15, -0.1) is 0 Å². The highest BCUT2D eigenvalue weighted by Crippen LogP contribution is 2.31. The number of piperidine rings is 1. The van der Waals surface area contributed by atoms with Gasteiger partial charge < -0.3 is 10.0 Å². The maximum absolute atomic E-state index is 12.4. The molecule has 1 N–H and O–H groups in total. The van der Waals surface area contributed by atoms with Crippen molar-refractivity contribution in [2.24, 2.45) is 0 Å². The topological polar surface area (TPSA) is 43.8 Å². The van der Waals surface area contributed by atoms with E-state index in [-0.39, 0.29) is 30.0 Å². The molecule has 0 aliphatic carbocycles. The highest BCUT2D eigenvalue weighted by atomic mass is 16.3. The van der Waals surface area contributed by atoms with Crippen LogP contribution < -0.4 is 0 Å². The standard InChI is InChI=1S/C18H28N2O2/c1-13(15-8-6-5-7-9-15)17-12-16(21)10-11-20(17)14(2)18(22)19(3)4/h5-9,13-14,16-17,21H,10-12H2,1-4H3. The molecule has 0 spiro atoms. The van der Waals surface area contributed by atoms with Crippen LogP contribution in [0.2, 0.25) is 0 Å². The predicted octanol–water partition coefficient (Wildman–Crippen LogP) is 2.09. The van der Waals surface area contributed by atoms with Gasteiger partial charge in [-0.2, -0.15) is 0 Å². The summed E-state index contributed by atoms with van der Waals surface area (Å²) in [6, 6.07) is 10.4. The van der Waals surface area contributed by atoms with Gasteiger partial charge in [0, 0.05) is 26.7 Å². The van der Waals surface area contributed by atoms with Crippen LogP contribution in [-0.4, -0.2) is 59.6 Å². The molecule has 0 aromatic heterocycles. The predicted molar refractivity (Wildman–Crippen MR) is 88.7 cm³/mol. The van der Waals surface area contributed by atoms with E-state index in [4.69, 9.17) is 0 Å². The quantitative estimate of drug-likeness (QED) is 0.926. The second kappa shape index (κ2) is 7.25. The van der Waals surface area contributed by atoms with Crippen LogP contribution in [0.25, 0.3) is 0 Å². The lowest BCUT2D eigenvalue weighted by Crippen LogP contribution is -2.55. The van der Waals surface area contributed by atoms with E-state index in [1.807, 2.05) is 25.1 Å². The molecule has 1 fully saturated rings. The van der Waals surface area contributed by atoms with Crippen LogP contribution in [0, 0.1) is 0 Å². The van der Waals surface area contributed by atoms with Gasteiger partial charge in [-0.3, -0.25) is 9.69 Å². The highest BCUT2D eigenvalue weighted by molar-refractivity contribution is 5.81. The first-order valence-corrected chi connectivity index (χ1v) is 8.11. The Morgan fingerprint density at radius 3 is 2.50 bits per heavy atom. The minimum absolute atomic E-state index is 0.127. The molecule has 4 unspecified atom stereocenters. The molecule has 2 rings (SSSR count). The summed E-state index contributed by atoms with van der Waals surface area (Å²) >= 11 is 0. The van der Waals surface area contributed by atoms with Crippen molar-refractivity contribution < 1.29 is 9.90 Å². The van der Waals surface area contributed by atoms with Gasteiger partial charge in [0.1, 0.15) is 0 Å². The Morgan fingerprint density at radius 2 is 1.91 bits per heavy atom. The number of aliphatic hydroxyl groups is 1. The number of hydrogen-bond acceptors (Lipinski definition) is 3. The van der Waals surface area contributed by atoms with E-state index < -0.39 is 0 Å². The van der Waals surface area contributed by atoms with E-state index in [1.54, 1.807) is 19.0 Å². The summed E-state index contributed by atoms with van der Waals surface area (Å²) in [5.41, 5.74) is 1.26. The highest BCUT2D eigenvalue weighted by Gasteiger charge is 2.37. The summed E-state index contributed by atoms with van der Waals surface area (Å²) < 4.78 is 0. The average molecular weight is 304 g/mol. The second-order valence-corrected chi connectivity index (χ2v) is 6.59. The summed E-state index contributed by atoms with van der Waals surface area (Å²) in [7, 11) is 3.60. The van der Waals surface area contributed by atoms with Gasteiger partial charge in [0.25, 0.3) is 0 Å². The second-order valence-electron chi connectivity index (χ2n) is 6.59. The number of amides is 1. The molecular formula is C18H28N2O2. The van der Waals surface area contributed by atoms with E-state index >= 15 is 0 Å². The van der Waals surface area contributed by atoms with Gasteiger partial charge in [-0.1, -0.05) is 37.3 Å². The Bertz CT molecular complexity index is 489. The van der Waals surface area contributed by atoms with Crippen LogP contribution >= 0.6 is 0 Å². The van der Waals surface area contributed by atoms with E-state index in [2.05, 4.69) is 24.0 Å². The normalized spacial score (nSPS) is 25.5. The first-order chi connectivity index (χ1) is 10.4. The fourth-order valence-corrected chi connectivity index (χ4v) is 3.46. The van der Waals surface area contributed by atoms with E-state index in [0.717, 1.165) is 19.4 Å². The fraction of sp³-hybridized carbons (Fsp3) is 0.611. The van der Waals surface area contributed by atoms with Crippen molar-refractivity contribution >= 4 is 5.91 Å². The Kier molecular flexibility index (Phi) is 5.59. The minimum atomic E-state index is -0.269. The average Bonchev–Trinajstić information content (AvgIpc) is 2.53. The monoisotopic (exact) mass is 304 g/mol. The maximum Gasteiger partial charge on any atom is 0.239 e. The first-order valence-electron chi connectivity index (χ1n) is 8.11. The smallest absolute Gasteiger partial charge is 0.239 e. The molecule has 1 saturated heterocycles. The van der Waals surface area contributed by atoms with Gasteiger partial charge in [0.2, 0.25) is 5.91 Å². The summed E-state index contributed by atoms with van der Waals surface area (Å²) in [6.07, 6.45) is 1.19. The number of nitrogens with zero attached hydrogens (tertiary/aromatic N) is 2. The lowest BCUT2D eigenvalue weighted by atomic mass is 9.84. The van der Waals surface area contributed by atoms with Crippen molar-refractivity contribution in [3.8, 4) is 0 Å². The summed E-state index contributed by atoms with van der Waals surface area (Å²) in [5, 5.41) is 10.1. The van der Waals surface area contributed by atoms with Crippen LogP contribution in [0.1, 0.15) is 38.2 Å². The summed E-state index contributed by atoms with van der Waals surface area (Å²) in [4.78, 5) is 16.3. The van der Waals surface area contributed by atoms with Gasteiger partial charge in [0.05, 0.1) is 12.1 Å². The number of carbonyl (C=O) groups is 1. The minimum Gasteiger partial charge on any atom is -0.393 e. The summed E-state index contributed by atoms with van der Waals surface area (Å²) in [5.74, 6) is 0.412. The van der Waals surface area contributed by atoms with E-state index in [1.165, 1.54) is 5.56 Å². The molecule has 0 bridgehead atoms. The lowest BCUT2D eigenvalue weighted by molar-refractivity contribution is -0.136. The zero-order valence-electron chi connectivity index (χ0n) is 14.1. The van der Waals surface area contributed by atoms with Gasteiger partial charge >= 0.3 is 0 Å². The molecule has 122 valence electrons. The SMILES string of the molecule is CC(c1ccccc1)C1CC(O)CCN1C(C)C(=O)N(C)C. The number of benzene rings is 1. The largest absolute Gasteiger partial charge is 0.393 e. The Balaban J connectivity index is 2.21. The van der Waals surface area contributed by atoms with Crippen LogP contribution in [0.4, 0.5) is 0 Å². The molecule has 1 aliphatic rings. The zero-order chi connectivity index (χ0) is 16.3. The molecule has 0 saturated carbocycles. The van der Waals surface area contributed by atoms with Gasteiger partial charge in [-0.25, -0.2) is 0 Å². The number of likely N-dealkylation sites (N-methyl/N-ethyl adjacent to an activating group) is 1. The van der Waals surface area contributed by atoms with Crippen LogP contribution in [0.15, 0.2) is 30.3 Å². The maximum atomic E-state index is 12.4. The van der Waals surface area contributed by atoms with Gasteiger partial charge in [-0.05, 0) is 31.2 Å². The van der Waals surface area contributed by atoms with Crippen molar-refractivity contribution in [2.75, 3.05) is 20.6 Å². The third-order valence-corrected chi connectivity index (χ3v) is 4.86. The molecule has 1 aliphatic heterocycles. The van der Waals surface area contributed by atoms with Crippen LogP contribution in [0.5, 0.6) is 0 Å². The third kappa shape index (κ3) is 3.68. The van der Waals surface area contributed by atoms with Crippen molar-refractivity contribution in [2.45, 2.75) is 50.8 Å². The lowest BCUT2D eigenvalue weighted by Gasteiger charge is -2.44. The van der Waals surface area contributed by atoms with Crippen molar-refractivity contribution in [1.29, 1.82) is 0 Å². The Morgan fingerprint density at radius 1 is 1.27 bits per heavy atom. The Labute approximate surface area is 133 Å². The molecule has 1 aromatic rings. The number of carbonyl (C=O) groups excluding carboxylic acids is 1. The fourth-order valence-electron chi connectivity index (χ4n) is 3.46. The summed E-state index contributed by atoms with van der Waals surface area (Å²) in [6.45, 7) is 4.94. The number of likely N-dealkylation sites (tertiary alicyclic amines) is 1. The molecule has 1 aromatic carbocycles. The molecular weight excluding hydrogens is 276 g/mol. The third-order valence-electron chi connectivity index (χ3n) is 4.86. The van der Waals surface area contributed by atoms with Crippen molar-refractivity contribution in [1.82, 2.24) is 9.80 Å². The molecule has 22 heavy (non-hydrogen) atoms. The number of aliphatic hydroxyl groups excluding tert-OH is 1. The number of hydrogen-bond donors (Lipinski definition) is 1. The van der Waals surface area contributed by atoms with Gasteiger partial charge in [0.15, 0.2) is 0 Å². The van der Waals surface area contributed by atoms with E-state index in [0.29, 0.717) is 0 Å². The molecule has 4 heteroatoms. The van der Waals surface area contributed by atoms with Crippen LogP contribution in [0.3, 0.4) is 0 Å². The number of rotatable bonds is 4.